The average molecular weight is 525 g/mol. The molecule has 4 aromatic rings. The zero-order valence-corrected chi connectivity index (χ0v) is 19.9. The van der Waals surface area contributed by atoms with Crippen LogP contribution in [0.2, 0.25) is 5.02 Å². The second kappa shape index (κ2) is 11.1. The van der Waals surface area contributed by atoms with Gasteiger partial charge in [-0.1, -0.05) is 48.0 Å². The number of halogens is 4. The van der Waals surface area contributed by atoms with Crippen LogP contribution in [0.1, 0.15) is 21.5 Å². The first-order valence-corrected chi connectivity index (χ1v) is 11.3. The van der Waals surface area contributed by atoms with Crippen LogP contribution >= 0.6 is 11.6 Å². The molecular formula is C27H20ClF3N4O2. The molecular weight excluding hydrogens is 505 g/mol. The molecule has 2 N–H and O–H groups in total. The van der Waals surface area contributed by atoms with Gasteiger partial charge >= 0.3 is 12.1 Å². The van der Waals surface area contributed by atoms with Crippen molar-refractivity contribution in [2.75, 3.05) is 0 Å². The van der Waals surface area contributed by atoms with E-state index in [0.29, 0.717) is 5.56 Å². The Morgan fingerprint density at radius 2 is 1.68 bits per heavy atom. The standard InChI is InChI=1S/C27H20ClF3N4O2/c28-22-4-1-2-5-23(22)34-24(16-25(32)27(29,30)31)19-8-10-20(11-9-19)26(36)37-17-18-6-12-21(13-7-18)35-15-3-14-33-35/h1-16H,17,32H2. The maximum Gasteiger partial charge on any atom is 0.430 e. The predicted molar refractivity (Wildman–Crippen MR) is 135 cm³/mol. The molecule has 0 aliphatic rings. The molecule has 0 saturated carbocycles. The van der Waals surface area contributed by atoms with Crippen molar-refractivity contribution in [3.63, 3.8) is 0 Å². The minimum absolute atomic E-state index is 0.0457. The Morgan fingerprint density at radius 1 is 1.00 bits per heavy atom. The topological polar surface area (TPSA) is 82.5 Å². The third-order valence-corrected chi connectivity index (χ3v) is 5.52. The average Bonchev–Trinajstić information content (AvgIpc) is 3.43. The first-order valence-electron chi connectivity index (χ1n) is 10.9. The SMILES string of the molecule is NC(=CC(=Nc1ccccc1Cl)c1ccc(C(=O)OCc2ccc(-n3cccn3)cc2)cc1)C(F)(F)F. The predicted octanol–water partition coefficient (Wildman–Crippen LogP) is 6.41. The highest BCUT2D eigenvalue weighted by Crippen LogP contribution is 2.27. The second-order valence-electron chi connectivity index (χ2n) is 7.82. The zero-order chi connectivity index (χ0) is 26.4. The number of carbonyl (C=O) groups is 1. The summed E-state index contributed by atoms with van der Waals surface area (Å²) in [7, 11) is 0. The molecule has 0 aliphatic carbocycles. The number of alkyl halides is 3. The molecule has 3 aromatic carbocycles. The number of carbonyl (C=O) groups excluding carboxylic acids is 1. The number of esters is 1. The molecule has 1 heterocycles. The van der Waals surface area contributed by atoms with Crippen LogP contribution in [0, 0.1) is 0 Å². The number of hydrogen-bond acceptors (Lipinski definition) is 5. The molecule has 188 valence electrons. The summed E-state index contributed by atoms with van der Waals surface area (Å²) < 4.78 is 46.4. The molecule has 0 spiro atoms. The van der Waals surface area contributed by atoms with Crippen LogP contribution in [-0.2, 0) is 11.3 Å². The highest BCUT2D eigenvalue weighted by molar-refractivity contribution is 6.33. The van der Waals surface area contributed by atoms with E-state index in [1.807, 2.05) is 36.5 Å². The van der Waals surface area contributed by atoms with Crippen LogP contribution in [-0.4, -0.2) is 27.6 Å². The van der Waals surface area contributed by atoms with Crippen molar-refractivity contribution in [2.24, 2.45) is 10.7 Å². The Bertz CT molecular complexity index is 1430. The molecule has 0 bridgehead atoms. The maximum atomic E-state index is 13.1. The van der Waals surface area contributed by atoms with Gasteiger partial charge in [0.15, 0.2) is 0 Å². The van der Waals surface area contributed by atoms with Crippen molar-refractivity contribution in [1.29, 1.82) is 0 Å². The number of allylic oxidation sites excluding steroid dienone is 2. The number of nitrogens with two attached hydrogens (primary N) is 1. The summed E-state index contributed by atoms with van der Waals surface area (Å²) >= 11 is 6.12. The molecule has 0 atom stereocenters. The van der Waals surface area contributed by atoms with E-state index in [0.717, 1.165) is 17.3 Å². The van der Waals surface area contributed by atoms with Gasteiger partial charge in [0.25, 0.3) is 0 Å². The van der Waals surface area contributed by atoms with Crippen molar-refractivity contribution < 1.29 is 22.7 Å². The lowest BCUT2D eigenvalue weighted by atomic mass is 10.1. The molecule has 0 saturated heterocycles. The van der Waals surface area contributed by atoms with Crippen LogP contribution < -0.4 is 5.73 Å². The van der Waals surface area contributed by atoms with E-state index in [1.54, 1.807) is 35.1 Å². The minimum Gasteiger partial charge on any atom is -0.457 e. The van der Waals surface area contributed by atoms with Crippen LogP contribution in [0.4, 0.5) is 18.9 Å². The van der Waals surface area contributed by atoms with E-state index in [9.17, 15) is 18.0 Å². The molecule has 6 nitrogen and oxygen atoms in total. The summed E-state index contributed by atoms with van der Waals surface area (Å²) in [6.45, 7) is 0.0457. The molecule has 0 fully saturated rings. The molecule has 1 aromatic heterocycles. The van der Waals surface area contributed by atoms with Gasteiger partial charge in [0.05, 0.1) is 27.7 Å². The van der Waals surface area contributed by atoms with E-state index in [-0.39, 0.29) is 28.6 Å². The van der Waals surface area contributed by atoms with Crippen molar-refractivity contribution in [3.05, 3.63) is 125 Å². The normalized spacial score (nSPS) is 12.4. The number of benzene rings is 3. The maximum absolute atomic E-state index is 13.1. The molecule has 0 radical (unpaired) electrons. The van der Waals surface area contributed by atoms with E-state index in [2.05, 4.69) is 10.1 Å². The largest absolute Gasteiger partial charge is 0.457 e. The Morgan fingerprint density at radius 3 is 2.30 bits per heavy atom. The monoisotopic (exact) mass is 524 g/mol. The summed E-state index contributed by atoms with van der Waals surface area (Å²) in [6, 6.07) is 21.4. The molecule has 10 heteroatoms. The first kappa shape index (κ1) is 25.7. The first-order chi connectivity index (χ1) is 17.7. The van der Waals surface area contributed by atoms with E-state index in [1.165, 1.54) is 24.3 Å². The fourth-order valence-electron chi connectivity index (χ4n) is 3.26. The Hall–Kier alpha value is -4.37. The van der Waals surface area contributed by atoms with Gasteiger partial charge in [0.2, 0.25) is 0 Å². The van der Waals surface area contributed by atoms with Crippen LogP contribution in [0.25, 0.3) is 5.69 Å². The molecule has 0 aliphatic heterocycles. The van der Waals surface area contributed by atoms with Gasteiger partial charge < -0.3 is 10.5 Å². The second-order valence-corrected chi connectivity index (χ2v) is 8.22. The lowest BCUT2D eigenvalue weighted by Crippen LogP contribution is -2.21. The summed E-state index contributed by atoms with van der Waals surface area (Å²) in [5.74, 6) is -0.586. The highest BCUT2D eigenvalue weighted by Gasteiger charge is 2.31. The third kappa shape index (κ3) is 6.65. The number of hydrogen-bond donors (Lipinski definition) is 1. The quantitative estimate of drug-likeness (QED) is 0.224. The van der Waals surface area contributed by atoms with E-state index in [4.69, 9.17) is 22.1 Å². The van der Waals surface area contributed by atoms with Gasteiger partial charge in [-0.15, -0.1) is 0 Å². The number of aliphatic imine (C=N–C) groups is 1. The Labute approximate surface area is 215 Å². The Kier molecular flexibility index (Phi) is 7.74. The number of nitrogens with zero attached hydrogens (tertiary/aromatic N) is 3. The fraction of sp³-hybridized carbons (Fsp3) is 0.0741. The summed E-state index contributed by atoms with van der Waals surface area (Å²) in [5, 5.41) is 4.42. The van der Waals surface area contributed by atoms with Crippen molar-refractivity contribution in [3.8, 4) is 5.69 Å². The summed E-state index contributed by atoms with van der Waals surface area (Å²) in [6.07, 6.45) is -0.518. The lowest BCUT2D eigenvalue weighted by Gasteiger charge is -2.10. The van der Waals surface area contributed by atoms with Crippen molar-refractivity contribution >= 4 is 29.0 Å². The van der Waals surface area contributed by atoms with Crippen LogP contribution in [0.5, 0.6) is 0 Å². The van der Waals surface area contributed by atoms with E-state index >= 15 is 0 Å². The van der Waals surface area contributed by atoms with Gasteiger partial charge in [-0.05, 0) is 54.1 Å². The lowest BCUT2D eigenvalue weighted by molar-refractivity contribution is -0.0925. The van der Waals surface area contributed by atoms with Crippen molar-refractivity contribution in [1.82, 2.24) is 9.78 Å². The van der Waals surface area contributed by atoms with Gasteiger partial charge in [-0.3, -0.25) is 0 Å². The molecule has 37 heavy (non-hydrogen) atoms. The summed E-state index contributed by atoms with van der Waals surface area (Å²) in [5.41, 5.74) is 6.29. The summed E-state index contributed by atoms with van der Waals surface area (Å²) in [4.78, 5) is 16.8. The fourth-order valence-corrected chi connectivity index (χ4v) is 3.44. The van der Waals surface area contributed by atoms with Crippen molar-refractivity contribution in [2.45, 2.75) is 12.8 Å². The van der Waals surface area contributed by atoms with Gasteiger partial charge in [0.1, 0.15) is 12.3 Å². The number of ether oxygens (including phenoxy) is 1. The highest BCUT2D eigenvalue weighted by atomic mass is 35.5. The number of rotatable bonds is 7. The van der Waals surface area contributed by atoms with Gasteiger partial charge in [-0.25, -0.2) is 14.5 Å². The third-order valence-electron chi connectivity index (χ3n) is 5.20. The van der Waals surface area contributed by atoms with E-state index < -0.39 is 17.8 Å². The number of aromatic nitrogens is 2. The smallest absolute Gasteiger partial charge is 0.430 e. The number of para-hydroxylation sites is 1. The zero-order valence-electron chi connectivity index (χ0n) is 19.2. The molecule has 4 rings (SSSR count). The minimum atomic E-state index is -4.73. The van der Waals surface area contributed by atoms with Gasteiger partial charge in [0, 0.05) is 18.0 Å². The van der Waals surface area contributed by atoms with Crippen LogP contribution in [0.3, 0.4) is 0 Å². The van der Waals surface area contributed by atoms with Gasteiger partial charge in [-0.2, -0.15) is 18.3 Å². The Balaban J connectivity index is 1.50. The molecule has 0 amide bonds. The molecule has 0 unspecified atom stereocenters. The van der Waals surface area contributed by atoms with Crippen LogP contribution in [0.15, 0.2) is 108 Å².